The summed E-state index contributed by atoms with van der Waals surface area (Å²) in [6, 6.07) is 0. The Bertz CT molecular complexity index is 49.3. The van der Waals surface area contributed by atoms with E-state index in [4.69, 9.17) is 13.9 Å². The Morgan fingerprint density at radius 1 is 1.50 bits per heavy atom. The van der Waals surface area contributed by atoms with Gasteiger partial charge >= 0.3 is 51.4 Å². The summed E-state index contributed by atoms with van der Waals surface area (Å²) < 4.78 is 22.0. The third-order valence-corrected chi connectivity index (χ3v) is 0.408. The fourth-order valence-corrected chi connectivity index (χ4v) is 0. The summed E-state index contributed by atoms with van der Waals surface area (Å²) in [6.07, 6.45) is 0. The fourth-order valence-electron chi connectivity index (χ4n) is 0. The van der Waals surface area contributed by atoms with Gasteiger partial charge in [-0.2, -0.15) is 7.11 Å². The SMILES string of the molecule is COS(=O)[O-].C[O-].[K+]. The molecule has 1 unspecified atom stereocenters. The van der Waals surface area contributed by atoms with Gasteiger partial charge in [-0.3, -0.25) is 0 Å². The molecule has 0 heterocycles. The van der Waals surface area contributed by atoms with Crippen LogP contribution in [0.25, 0.3) is 0 Å². The molecule has 0 aromatic carbocycles. The van der Waals surface area contributed by atoms with Crippen molar-refractivity contribution in [2.75, 3.05) is 14.2 Å². The van der Waals surface area contributed by atoms with Gasteiger partial charge in [-0.25, -0.2) is 4.21 Å². The van der Waals surface area contributed by atoms with Crippen molar-refractivity contribution < 1.29 is 69.4 Å². The average molecular weight is 165 g/mol. The van der Waals surface area contributed by atoms with Gasteiger partial charge in [0.25, 0.3) is 0 Å². The van der Waals surface area contributed by atoms with Crippen LogP contribution in [0.5, 0.6) is 0 Å². The van der Waals surface area contributed by atoms with Crippen LogP contribution in [0.1, 0.15) is 0 Å². The smallest absolute Gasteiger partial charge is 0.857 e. The van der Waals surface area contributed by atoms with Gasteiger partial charge in [-0.15, -0.1) is 0 Å². The Balaban J connectivity index is -0.0000000750. The van der Waals surface area contributed by atoms with E-state index in [1.54, 1.807) is 0 Å². The zero-order chi connectivity index (χ0) is 6.28. The summed E-state index contributed by atoms with van der Waals surface area (Å²) in [7, 11) is 1.84. The predicted octanol–water partition coefficient (Wildman–Crippen LogP) is -4.59. The van der Waals surface area contributed by atoms with Crippen LogP contribution in [0.2, 0.25) is 0 Å². The van der Waals surface area contributed by atoms with Gasteiger partial charge in [0.2, 0.25) is 0 Å². The number of rotatable bonds is 1. The van der Waals surface area contributed by atoms with Gasteiger partial charge in [0, 0.05) is 0 Å². The summed E-state index contributed by atoms with van der Waals surface area (Å²) in [5.41, 5.74) is 0. The Morgan fingerprint density at radius 3 is 1.62 bits per heavy atom. The summed E-state index contributed by atoms with van der Waals surface area (Å²) in [5, 5.41) is 8.25. The van der Waals surface area contributed by atoms with Crippen LogP contribution >= 0.6 is 0 Å². The van der Waals surface area contributed by atoms with Crippen molar-refractivity contribution in [3.8, 4) is 0 Å². The molecule has 0 aliphatic rings. The molecule has 0 bridgehead atoms. The third kappa shape index (κ3) is 25.3. The minimum absolute atomic E-state index is 0. The van der Waals surface area contributed by atoms with Crippen molar-refractivity contribution in [3.05, 3.63) is 0 Å². The minimum Gasteiger partial charge on any atom is -0.857 e. The van der Waals surface area contributed by atoms with Crippen molar-refractivity contribution in [2.24, 2.45) is 0 Å². The first-order valence-electron chi connectivity index (χ1n) is 1.32. The molecule has 0 N–H and O–H groups in total. The van der Waals surface area contributed by atoms with Crippen LogP contribution in [0.3, 0.4) is 0 Å². The first kappa shape index (κ1) is 16.3. The third-order valence-electron chi connectivity index (χ3n) is 0.136. The second kappa shape index (κ2) is 15.9. The summed E-state index contributed by atoms with van der Waals surface area (Å²) in [6.45, 7) is 0. The molecular formula is C2H6KO4S-. The molecule has 0 rings (SSSR count). The first-order valence-corrected chi connectivity index (χ1v) is 2.32. The van der Waals surface area contributed by atoms with Crippen molar-refractivity contribution in [1.82, 2.24) is 0 Å². The van der Waals surface area contributed by atoms with Gasteiger partial charge in [0.05, 0.1) is 18.5 Å². The van der Waals surface area contributed by atoms with Crippen molar-refractivity contribution in [2.45, 2.75) is 0 Å². The van der Waals surface area contributed by atoms with Crippen molar-refractivity contribution >= 4 is 11.4 Å². The molecule has 0 aromatic rings. The molecule has 6 heteroatoms. The summed E-state index contributed by atoms with van der Waals surface area (Å²) in [4.78, 5) is 0. The molecule has 4 nitrogen and oxygen atoms in total. The maximum absolute atomic E-state index is 9.15. The Labute approximate surface area is 93.5 Å². The van der Waals surface area contributed by atoms with E-state index in [2.05, 4.69) is 4.18 Å². The second-order valence-corrected chi connectivity index (χ2v) is 1.11. The molecule has 0 aromatic heterocycles. The second-order valence-electron chi connectivity index (χ2n) is 0.371. The molecule has 0 fully saturated rings. The van der Waals surface area contributed by atoms with Gasteiger partial charge in [-0.05, 0) is 0 Å². The average Bonchev–Trinajstić information content (AvgIpc) is 1.73. The van der Waals surface area contributed by atoms with Crippen LogP contribution in [0, 0.1) is 0 Å². The molecule has 0 aliphatic carbocycles. The van der Waals surface area contributed by atoms with Crippen LogP contribution < -0.4 is 56.5 Å². The predicted molar refractivity (Wildman–Crippen MR) is 21.9 cm³/mol. The van der Waals surface area contributed by atoms with Gasteiger partial charge < -0.3 is 13.8 Å². The molecule has 0 spiro atoms. The fraction of sp³-hybridized carbons (Fsp3) is 1.00. The molecular weight excluding hydrogens is 159 g/mol. The van der Waals surface area contributed by atoms with Crippen molar-refractivity contribution in [3.63, 3.8) is 0 Å². The maximum atomic E-state index is 9.15. The standard InChI is InChI=1S/CH4O3S.CH3O.K/c1-4-5(2)3;1-2;/h1H3,(H,2,3);1H3;/q;-1;+1/p-1. The molecule has 0 amide bonds. The Morgan fingerprint density at radius 2 is 1.62 bits per heavy atom. The monoisotopic (exact) mass is 165 g/mol. The van der Waals surface area contributed by atoms with Gasteiger partial charge in [0.1, 0.15) is 0 Å². The van der Waals surface area contributed by atoms with E-state index in [9.17, 15) is 0 Å². The first-order chi connectivity index (χ1) is 3.27. The minimum atomic E-state index is -2.32. The number of hydrogen-bond donors (Lipinski definition) is 0. The summed E-state index contributed by atoms with van der Waals surface area (Å²) in [5.74, 6) is 0. The van der Waals surface area contributed by atoms with Crippen LogP contribution in [0.15, 0.2) is 0 Å². The van der Waals surface area contributed by atoms with E-state index in [1.807, 2.05) is 0 Å². The molecule has 0 aliphatic heterocycles. The van der Waals surface area contributed by atoms with Gasteiger partial charge in [-0.1, -0.05) is 0 Å². The Hall–Kier alpha value is 1.67. The van der Waals surface area contributed by atoms with E-state index in [0.717, 1.165) is 14.2 Å². The Kier molecular flexibility index (Phi) is 32.4. The summed E-state index contributed by atoms with van der Waals surface area (Å²) >= 11 is -2.32. The zero-order valence-corrected chi connectivity index (χ0v) is 8.98. The largest absolute Gasteiger partial charge is 1.00 e. The van der Waals surface area contributed by atoms with Gasteiger partial charge in [0.15, 0.2) is 0 Å². The topological polar surface area (TPSA) is 72.4 Å². The van der Waals surface area contributed by atoms with Crippen LogP contribution in [-0.4, -0.2) is 23.0 Å². The van der Waals surface area contributed by atoms with E-state index < -0.39 is 11.4 Å². The van der Waals surface area contributed by atoms with E-state index in [-0.39, 0.29) is 51.4 Å². The van der Waals surface area contributed by atoms with Crippen LogP contribution in [0.4, 0.5) is 0 Å². The van der Waals surface area contributed by atoms with E-state index >= 15 is 0 Å². The molecule has 1 atom stereocenters. The van der Waals surface area contributed by atoms with Crippen molar-refractivity contribution in [1.29, 1.82) is 0 Å². The quantitative estimate of drug-likeness (QED) is 0.289. The molecule has 46 valence electrons. The molecule has 0 saturated heterocycles. The maximum Gasteiger partial charge on any atom is 1.00 e. The molecule has 8 heavy (non-hydrogen) atoms. The van der Waals surface area contributed by atoms with E-state index in [1.165, 1.54) is 0 Å². The van der Waals surface area contributed by atoms with E-state index in [0.29, 0.717) is 0 Å². The number of hydrogen-bond acceptors (Lipinski definition) is 4. The molecule has 0 saturated carbocycles. The normalized spacial score (nSPS) is 10.0. The van der Waals surface area contributed by atoms with Crippen LogP contribution in [-0.2, 0) is 15.5 Å². The zero-order valence-electron chi connectivity index (χ0n) is 5.04. The molecule has 0 radical (unpaired) electrons.